The van der Waals surface area contributed by atoms with Crippen molar-refractivity contribution in [3.05, 3.63) is 0 Å². The van der Waals surface area contributed by atoms with Crippen LogP contribution in [-0.2, 0) is 4.79 Å². The van der Waals surface area contributed by atoms with Gasteiger partial charge in [0.2, 0.25) is 5.91 Å². The van der Waals surface area contributed by atoms with Gasteiger partial charge in [0.1, 0.15) is 0 Å². The molecule has 1 heterocycles. The maximum atomic E-state index is 11.8. The summed E-state index contributed by atoms with van der Waals surface area (Å²) in [5.74, 6) is 0.0413. The van der Waals surface area contributed by atoms with Gasteiger partial charge in [-0.25, -0.2) is 0 Å². The van der Waals surface area contributed by atoms with E-state index in [1.165, 1.54) is 6.42 Å². The number of nitrogens with one attached hydrogen (secondary N) is 2. The zero-order valence-electron chi connectivity index (χ0n) is 9.25. The fraction of sp³-hybridized carbons (Fsp3) is 0.818. The molecular weight excluding hydrogens is 190 g/mol. The predicted molar refractivity (Wildman–Crippen MR) is 58.1 cm³/mol. The molecule has 0 radical (unpaired) electrons. The quantitative estimate of drug-likeness (QED) is 0.727. The van der Waals surface area contributed by atoms with Crippen LogP contribution in [0.15, 0.2) is 0 Å². The maximum absolute atomic E-state index is 11.8. The molecule has 4 heteroatoms. The molecule has 0 bridgehead atoms. The van der Waals surface area contributed by atoms with Gasteiger partial charge < -0.3 is 10.6 Å². The summed E-state index contributed by atoms with van der Waals surface area (Å²) < 4.78 is 0. The Balaban J connectivity index is 2.34. The Bertz CT molecular complexity index is 239. The van der Waals surface area contributed by atoms with E-state index in [-0.39, 0.29) is 18.0 Å². The third kappa shape index (κ3) is 4.30. The lowest BCUT2D eigenvalue weighted by molar-refractivity contribution is -0.123. The minimum Gasteiger partial charge on any atom is -0.351 e. The number of nitriles is 1. The highest BCUT2D eigenvalue weighted by atomic mass is 16.2. The fourth-order valence-electron chi connectivity index (χ4n) is 1.78. The molecule has 2 N–H and O–H groups in total. The van der Waals surface area contributed by atoms with Gasteiger partial charge in [-0.3, -0.25) is 4.79 Å². The molecule has 1 saturated heterocycles. The van der Waals surface area contributed by atoms with Crippen molar-refractivity contribution in [1.82, 2.24) is 10.6 Å². The van der Waals surface area contributed by atoms with Crippen LogP contribution < -0.4 is 10.6 Å². The monoisotopic (exact) mass is 209 g/mol. The first kappa shape index (κ1) is 12.0. The smallest absolute Gasteiger partial charge is 0.237 e. The van der Waals surface area contributed by atoms with Crippen molar-refractivity contribution in [3.8, 4) is 6.07 Å². The summed E-state index contributed by atoms with van der Waals surface area (Å²) in [4.78, 5) is 11.8. The van der Waals surface area contributed by atoms with Crippen LogP contribution in [-0.4, -0.2) is 24.5 Å². The van der Waals surface area contributed by atoms with Crippen LogP contribution in [0, 0.1) is 11.3 Å². The minimum atomic E-state index is -0.0614. The average molecular weight is 209 g/mol. The molecule has 1 aliphatic rings. The fourth-order valence-corrected chi connectivity index (χ4v) is 1.78. The van der Waals surface area contributed by atoms with Gasteiger partial charge in [-0.2, -0.15) is 5.26 Å². The van der Waals surface area contributed by atoms with Gasteiger partial charge in [-0.05, 0) is 26.3 Å². The summed E-state index contributed by atoms with van der Waals surface area (Å²) in [6.45, 7) is 2.78. The SMILES string of the molecule is CC(CC#N)NC(=O)C1CCCCCN1. The molecule has 0 aliphatic carbocycles. The number of nitrogens with zero attached hydrogens (tertiary/aromatic N) is 1. The Morgan fingerprint density at radius 1 is 1.60 bits per heavy atom. The van der Waals surface area contributed by atoms with E-state index in [1.54, 1.807) is 0 Å². The number of amides is 1. The van der Waals surface area contributed by atoms with E-state index in [0.29, 0.717) is 6.42 Å². The molecule has 0 saturated carbocycles. The van der Waals surface area contributed by atoms with Gasteiger partial charge in [0.25, 0.3) is 0 Å². The summed E-state index contributed by atoms with van der Waals surface area (Å²) in [6.07, 6.45) is 4.74. The van der Waals surface area contributed by atoms with Crippen LogP contribution in [0.5, 0.6) is 0 Å². The van der Waals surface area contributed by atoms with Crippen LogP contribution >= 0.6 is 0 Å². The van der Waals surface area contributed by atoms with Crippen molar-refractivity contribution in [3.63, 3.8) is 0 Å². The van der Waals surface area contributed by atoms with Crippen LogP contribution in [0.3, 0.4) is 0 Å². The number of rotatable bonds is 3. The molecule has 1 amide bonds. The van der Waals surface area contributed by atoms with Crippen LogP contribution in [0.1, 0.15) is 39.0 Å². The second kappa shape index (κ2) is 6.41. The van der Waals surface area contributed by atoms with Gasteiger partial charge in [0.05, 0.1) is 18.5 Å². The highest BCUT2D eigenvalue weighted by Crippen LogP contribution is 2.08. The first-order valence-corrected chi connectivity index (χ1v) is 5.64. The molecule has 15 heavy (non-hydrogen) atoms. The molecule has 1 rings (SSSR count). The molecule has 84 valence electrons. The predicted octanol–water partition coefficient (Wildman–Crippen LogP) is 0.937. The van der Waals surface area contributed by atoms with Crippen LogP contribution in [0.25, 0.3) is 0 Å². The van der Waals surface area contributed by atoms with Gasteiger partial charge in [0, 0.05) is 6.04 Å². The molecule has 0 aromatic rings. The van der Waals surface area contributed by atoms with E-state index in [1.807, 2.05) is 6.92 Å². The number of carbonyl (C=O) groups excluding carboxylic acids is 1. The lowest BCUT2D eigenvalue weighted by Crippen LogP contribution is -2.46. The summed E-state index contributed by atoms with van der Waals surface area (Å²) >= 11 is 0. The van der Waals surface area contributed by atoms with Gasteiger partial charge in [-0.15, -0.1) is 0 Å². The third-order valence-corrected chi connectivity index (χ3v) is 2.66. The minimum absolute atomic E-state index is 0.0413. The second-order valence-corrected chi connectivity index (χ2v) is 4.13. The van der Waals surface area contributed by atoms with Crippen molar-refractivity contribution < 1.29 is 4.79 Å². The second-order valence-electron chi connectivity index (χ2n) is 4.13. The lowest BCUT2D eigenvalue weighted by Gasteiger charge is -2.18. The summed E-state index contributed by atoms with van der Waals surface area (Å²) in [6, 6.07) is 1.94. The molecule has 0 aromatic carbocycles. The normalized spacial score (nSPS) is 23.6. The van der Waals surface area contributed by atoms with Crippen molar-refractivity contribution in [2.45, 2.75) is 51.1 Å². The Labute approximate surface area is 91.0 Å². The van der Waals surface area contributed by atoms with Crippen LogP contribution in [0.2, 0.25) is 0 Å². The maximum Gasteiger partial charge on any atom is 0.237 e. The van der Waals surface area contributed by atoms with E-state index in [4.69, 9.17) is 5.26 Å². The standard InChI is InChI=1S/C11H19N3O/c1-9(6-7-12)14-11(15)10-5-3-2-4-8-13-10/h9-10,13H,2-6,8H2,1H3,(H,14,15). The molecule has 0 spiro atoms. The van der Waals surface area contributed by atoms with Crippen molar-refractivity contribution in [2.24, 2.45) is 0 Å². The molecule has 2 atom stereocenters. The Kier molecular flexibility index (Phi) is 5.13. The van der Waals surface area contributed by atoms with Crippen LogP contribution in [0.4, 0.5) is 0 Å². The zero-order valence-corrected chi connectivity index (χ0v) is 9.25. The summed E-state index contributed by atoms with van der Waals surface area (Å²) in [7, 11) is 0. The topological polar surface area (TPSA) is 64.9 Å². The molecule has 0 aromatic heterocycles. The van der Waals surface area contributed by atoms with Gasteiger partial charge in [0.15, 0.2) is 0 Å². The van der Waals surface area contributed by atoms with E-state index >= 15 is 0 Å². The molecular formula is C11H19N3O. The first-order chi connectivity index (χ1) is 7.24. The number of carbonyl (C=O) groups is 1. The molecule has 4 nitrogen and oxygen atoms in total. The lowest BCUT2D eigenvalue weighted by atomic mass is 10.1. The van der Waals surface area contributed by atoms with Crippen molar-refractivity contribution in [2.75, 3.05) is 6.54 Å². The van der Waals surface area contributed by atoms with Crippen molar-refractivity contribution >= 4 is 5.91 Å². The largest absolute Gasteiger partial charge is 0.351 e. The van der Waals surface area contributed by atoms with Crippen molar-refractivity contribution in [1.29, 1.82) is 5.26 Å². The van der Waals surface area contributed by atoms with E-state index in [9.17, 15) is 4.79 Å². The van der Waals surface area contributed by atoms with E-state index in [2.05, 4.69) is 16.7 Å². The van der Waals surface area contributed by atoms with Gasteiger partial charge >= 0.3 is 0 Å². The average Bonchev–Trinajstić information content (AvgIpc) is 2.45. The zero-order chi connectivity index (χ0) is 11.1. The summed E-state index contributed by atoms with van der Waals surface area (Å²) in [5, 5.41) is 14.6. The highest BCUT2D eigenvalue weighted by molar-refractivity contribution is 5.82. The Hall–Kier alpha value is -1.08. The summed E-state index contributed by atoms with van der Waals surface area (Å²) in [5.41, 5.74) is 0. The molecule has 1 aliphatic heterocycles. The molecule has 2 unspecified atom stereocenters. The Morgan fingerprint density at radius 2 is 2.40 bits per heavy atom. The first-order valence-electron chi connectivity index (χ1n) is 5.64. The van der Waals surface area contributed by atoms with E-state index < -0.39 is 0 Å². The number of hydrogen-bond acceptors (Lipinski definition) is 3. The Morgan fingerprint density at radius 3 is 3.13 bits per heavy atom. The third-order valence-electron chi connectivity index (χ3n) is 2.66. The van der Waals surface area contributed by atoms with E-state index in [0.717, 1.165) is 25.8 Å². The van der Waals surface area contributed by atoms with Gasteiger partial charge in [-0.1, -0.05) is 12.8 Å². The number of hydrogen-bond donors (Lipinski definition) is 2. The molecule has 1 fully saturated rings. The highest BCUT2D eigenvalue weighted by Gasteiger charge is 2.20.